The van der Waals surface area contributed by atoms with E-state index in [0.29, 0.717) is 18.9 Å². The summed E-state index contributed by atoms with van der Waals surface area (Å²) in [7, 11) is 4.15. The van der Waals surface area contributed by atoms with Crippen molar-refractivity contribution in [3.8, 4) is 0 Å². The number of hydrogen-bond donors (Lipinski definition) is 0. The lowest BCUT2D eigenvalue weighted by atomic mass is 9.82. The van der Waals surface area contributed by atoms with E-state index in [-0.39, 0.29) is 24.1 Å². The SMILES string of the molecule is C=C(CCN(C)C)OC(CC)C(CCC)C(C)CC(=O)OCC(CCCCCCCCCCCCCCCC)OCCCCCCCCCCCCCC. The summed E-state index contributed by atoms with van der Waals surface area (Å²) in [5.74, 6) is 1.25. The van der Waals surface area contributed by atoms with Crippen LogP contribution in [-0.4, -0.2) is 56.9 Å². The molecule has 0 radical (unpaired) electrons. The van der Waals surface area contributed by atoms with Crippen molar-refractivity contribution in [2.45, 2.75) is 252 Å². The third-order valence-electron chi connectivity index (χ3n) is 11.5. The Balaban J connectivity index is 4.69. The fourth-order valence-corrected chi connectivity index (χ4v) is 7.90. The van der Waals surface area contributed by atoms with Crippen molar-refractivity contribution in [1.29, 1.82) is 0 Å². The molecule has 0 rings (SSSR count). The van der Waals surface area contributed by atoms with Crippen molar-refractivity contribution < 1.29 is 19.0 Å². The van der Waals surface area contributed by atoms with Gasteiger partial charge in [0.15, 0.2) is 0 Å². The molecule has 0 N–H and O–H groups in total. The van der Waals surface area contributed by atoms with E-state index in [0.717, 1.165) is 63.9 Å². The quantitative estimate of drug-likeness (QED) is 0.0352. The van der Waals surface area contributed by atoms with Gasteiger partial charge in [-0.25, -0.2) is 0 Å². The Labute approximate surface area is 339 Å². The molecule has 4 unspecified atom stereocenters. The Hall–Kier alpha value is -1.07. The molecule has 0 aromatic carbocycles. The maximum absolute atomic E-state index is 13.2. The van der Waals surface area contributed by atoms with E-state index in [1.807, 2.05) is 0 Å². The molecule has 0 amide bonds. The zero-order valence-electron chi connectivity index (χ0n) is 37.8. The van der Waals surface area contributed by atoms with Crippen LogP contribution in [0.5, 0.6) is 0 Å². The molecule has 0 saturated heterocycles. The smallest absolute Gasteiger partial charge is 0.306 e. The van der Waals surface area contributed by atoms with Crippen LogP contribution >= 0.6 is 0 Å². The summed E-state index contributed by atoms with van der Waals surface area (Å²) in [5, 5.41) is 0. The molecule has 5 nitrogen and oxygen atoms in total. The Morgan fingerprint density at radius 3 is 1.46 bits per heavy atom. The third-order valence-corrected chi connectivity index (χ3v) is 11.5. The topological polar surface area (TPSA) is 48.0 Å². The van der Waals surface area contributed by atoms with E-state index in [2.05, 4.69) is 60.2 Å². The number of carbonyl (C=O) groups is 1. The van der Waals surface area contributed by atoms with Gasteiger partial charge in [-0.15, -0.1) is 0 Å². The predicted octanol–water partition coefficient (Wildman–Crippen LogP) is 15.2. The molecule has 0 spiro atoms. The number of esters is 1. The van der Waals surface area contributed by atoms with Gasteiger partial charge in [-0.05, 0) is 51.6 Å². The minimum absolute atomic E-state index is 0.00692. The lowest BCUT2D eigenvalue weighted by molar-refractivity contribution is -0.150. The maximum Gasteiger partial charge on any atom is 0.306 e. The largest absolute Gasteiger partial charge is 0.495 e. The third kappa shape index (κ3) is 34.2. The number of nitrogens with zero attached hydrogens (tertiary/aromatic N) is 1. The van der Waals surface area contributed by atoms with Crippen LogP contribution in [0.15, 0.2) is 12.3 Å². The summed E-state index contributed by atoms with van der Waals surface area (Å²) < 4.78 is 18.8. The highest BCUT2D eigenvalue weighted by Crippen LogP contribution is 2.30. The van der Waals surface area contributed by atoms with E-state index in [1.54, 1.807) is 0 Å². The summed E-state index contributed by atoms with van der Waals surface area (Å²) in [5.41, 5.74) is 0. The molecule has 0 saturated carbocycles. The Morgan fingerprint density at radius 2 is 1.04 bits per heavy atom. The molecule has 0 aromatic heterocycles. The fourth-order valence-electron chi connectivity index (χ4n) is 7.90. The molecule has 4 atom stereocenters. The molecule has 54 heavy (non-hydrogen) atoms. The van der Waals surface area contributed by atoms with Crippen molar-refractivity contribution in [2.24, 2.45) is 11.8 Å². The van der Waals surface area contributed by atoms with Crippen LogP contribution in [-0.2, 0) is 19.0 Å². The molecule has 0 aliphatic carbocycles. The zero-order chi connectivity index (χ0) is 39.9. The minimum atomic E-state index is -0.0928. The summed E-state index contributed by atoms with van der Waals surface area (Å²) in [6, 6.07) is 0. The number of carbonyl (C=O) groups excluding carboxylic acids is 1. The first-order valence-corrected chi connectivity index (χ1v) is 24.0. The second-order valence-electron chi connectivity index (χ2n) is 17.2. The van der Waals surface area contributed by atoms with Crippen molar-refractivity contribution in [2.75, 3.05) is 33.9 Å². The van der Waals surface area contributed by atoms with Gasteiger partial charge in [0.05, 0.1) is 11.9 Å². The molecule has 0 aromatic rings. The highest BCUT2D eigenvalue weighted by Gasteiger charge is 2.29. The number of unbranched alkanes of at least 4 members (excludes halogenated alkanes) is 24. The summed E-state index contributed by atoms with van der Waals surface area (Å²) in [6.07, 6.45) is 40.6. The Morgan fingerprint density at radius 1 is 0.593 bits per heavy atom. The number of hydrogen-bond acceptors (Lipinski definition) is 5. The molecule has 0 aliphatic heterocycles. The van der Waals surface area contributed by atoms with Crippen LogP contribution in [0.1, 0.15) is 240 Å². The monoisotopic (exact) mass is 764 g/mol. The van der Waals surface area contributed by atoms with Gasteiger partial charge in [0.2, 0.25) is 0 Å². The molecular weight excluding hydrogens is 667 g/mol. The first kappa shape index (κ1) is 52.9. The van der Waals surface area contributed by atoms with Crippen LogP contribution in [0.3, 0.4) is 0 Å². The number of rotatable bonds is 43. The first-order chi connectivity index (χ1) is 26.3. The van der Waals surface area contributed by atoms with Crippen molar-refractivity contribution in [3.63, 3.8) is 0 Å². The van der Waals surface area contributed by atoms with E-state index >= 15 is 0 Å². The Bertz CT molecular complexity index is 801. The second kappa shape index (κ2) is 40.1. The van der Waals surface area contributed by atoms with Crippen molar-refractivity contribution >= 4 is 5.97 Å². The average Bonchev–Trinajstić information content (AvgIpc) is 3.15. The van der Waals surface area contributed by atoms with E-state index in [4.69, 9.17) is 14.2 Å². The lowest BCUT2D eigenvalue weighted by Crippen LogP contribution is -2.31. The molecule has 0 bridgehead atoms. The molecule has 0 heterocycles. The standard InChI is InChI=1S/C49H97NO4/c1-9-13-15-17-19-21-23-25-26-27-29-31-33-35-38-46(52-41-36-34-32-30-28-24-22-20-18-16-14-10-2)43-53-49(51)42-44(5)47(37-11-3)48(12-4)54-45(6)39-40-50(7)8/h44,46-48H,6,9-43H2,1-5,7-8H3. The second-order valence-corrected chi connectivity index (χ2v) is 17.2. The molecule has 5 heteroatoms. The minimum Gasteiger partial charge on any atom is -0.495 e. The first-order valence-electron chi connectivity index (χ1n) is 24.0. The number of ether oxygens (including phenoxy) is 3. The van der Waals surface area contributed by atoms with Gasteiger partial charge in [0.1, 0.15) is 12.7 Å². The average molecular weight is 764 g/mol. The van der Waals surface area contributed by atoms with Gasteiger partial charge in [-0.2, -0.15) is 0 Å². The highest BCUT2D eigenvalue weighted by atomic mass is 16.6. The summed E-state index contributed by atoms with van der Waals surface area (Å²) >= 11 is 0. The van der Waals surface area contributed by atoms with E-state index in [9.17, 15) is 4.79 Å². The highest BCUT2D eigenvalue weighted by molar-refractivity contribution is 5.69. The lowest BCUT2D eigenvalue weighted by Gasteiger charge is -2.32. The van der Waals surface area contributed by atoms with Gasteiger partial charge in [0.25, 0.3) is 0 Å². The van der Waals surface area contributed by atoms with E-state index in [1.165, 1.54) is 154 Å². The molecular formula is C49H97NO4. The normalized spacial score (nSPS) is 13.9. The molecule has 322 valence electrons. The Kier molecular flexibility index (Phi) is 39.3. The van der Waals surface area contributed by atoms with Crippen molar-refractivity contribution in [3.05, 3.63) is 12.3 Å². The van der Waals surface area contributed by atoms with Crippen LogP contribution in [0.2, 0.25) is 0 Å². The van der Waals surface area contributed by atoms with Crippen LogP contribution in [0.4, 0.5) is 0 Å². The van der Waals surface area contributed by atoms with Gasteiger partial charge < -0.3 is 19.1 Å². The van der Waals surface area contributed by atoms with Crippen LogP contribution in [0, 0.1) is 11.8 Å². The molecule has 0 aliphatic rings. The van der Waals surface area contributed by atoms with E-state index < -0.39 is 0 Å². The fraction of sp³-hybridized carbons (Fsp3) is 0.939. The summed E-state index contributed by atoms with van der Waals surface area (Å²) in [6.45, 7) is 17.5. The summed E-state index contributed by atoms with van der Waals surface area (Å²) in [4.78, 5) is 15.4. The van der Waals surface area contributed by atoms with Gasteiger partial charge >= 0.3 is 5.97 Å². The predicted molar refractivity (Wildman–Crippen MR) is 236 cm³/mol. The van der Waals surface area contributed by atoms with Crippen LogP contribution < -0.4 is 0 Å². The van der Waals surface area contributed by atoms with Gasteiger partial charge in [-0.1, -0.05) is 208 Å². The van der Waals surface area contributed by atoms with Crippen LogP contribution in [0.25, 0.3) is 0 Å². The maximum atomic E-state index is 13.2. The van der Waals surface area contributed by atoms with Gasteiger partial charge in [-0.3, -0.25) is 4.79 Å². The van der Waals surface area contributed by atoms with Gasteiger partial charge in [0, 0.05) is 26.0 Å². The van der Waals surface area contributed by atoms with Crippen molar-refractivity contribution in [1.82, 2.24) is 4.90 Å². The zero-order valence-corrected chi connectivity index (χ0v) is 37.8. The molecule has 0 fully saturated rings.